The number of halogens is 3. The number of fused-ring (bicyclic) bond motifs is 3. The summed E-state index contributed by atoms with van der Waals surface area (Å²) in [6, 6.07) is -1.90. The molecular formula is C18H10Cl2FN. The van der Waals surface area contributed by atoms with E-state index in [1.165, 1.54) is 6.07 Å². The zero-order valence-corrected chi connectivity index (χ0v) is 12.2. The van der Waals surface area contributed by atoms with E-state index in [0.717, 1.165) is 10.6 Å². The van der Waals surface area contributed by atoms with Gasteiger partial charge in [0.05, 0.1) is 37.7 Å². The average molecular weight is 338 g/mol. The highest BCUT2D eigenvalue weighted by Crippen LogP contribution is 2.34. The molecule has 0 saturated carbocycles. The maximum atomic E-state index is 14.3. The van der Waals surface area contributed by atoms with Crippen molar-refractivity contribution < 1.29 is 15.4 Å². The Bertz CT molecular complexity index is 1320. The number of para-hydroxylation sites is 2. The van der Waals surface area contributed by atoms with Gasteiger partial charge in [0.1, 0.15) is 5.82 Å². The van der Waals surface area contributed by atoms with E-state index in [1.54, 1.807) is 0 Å². The Labute approximate surface area is 147 Å². The van der Waals surface area contributed by atoms with E-state index in [4.69, 9.17) is 34.2 Å². The third kappa shape index (κ3) is 1.92. The van der Waals surface area contributed by atoms with E-state index in [2.05, 4.69) is 0 Å². The van der Waals surface area contributed by atoms with Crippen LogP contribution in [0.1, 0.15) is 11.0 Å². The number of benzene rings is 3. The van der Waals surface area contributed by atoms with Gasteiger partial charge in [0.15, 0.2) is 0 Å². The zero-order valence-electron chi connectivity index (χ0n) is 18.7. The molecule has 1 nitrogen and oxygen atoms in total. The second-order valence-corrected chi connectivity index (χ2v) is 5.29. The van der Waals surface area contributed by atoms with Gasteiger partial charge in [-0.25, -0.2) is 4.39 Å². The van der Waals surface area contributed by atoms with Crippen molar-refractivity contribution in [2.24, 2.45) is 0 Å². The molecule has 0 fully saturated rings. The van der Waals surface area contributed by atoms with E-state index in [9.17, 15) is 4.39 Å². The molecule has 0 N–H and O–H groups in total. The fourth-order valence-electron chi connectivity index (χ4n) is 2.35. The topological polar surface area (TPSA) is 4.93 Å². The molecule has 4 aromatic rings. The number of rotatable bonds is 1. The van der Waals surface area contributed by atoms with E-state index in [0.29, 0.717) is 0 Å². The van der Waals surface area contributed by atoms with E-state index in [1.807, 2.05) is 0 Å². The third-order valence-electron chi connectivity index (χ3n) is 3.26. The van der Waals surface area contributed by atoms with Gasteiger partial charge in [0, 0.05) is 10.8 Å². The summed E-state index contributed by atoms with van der Waals surface area (Å²) in [7, 11) is 0. The highest BCUT2D eigenvalue weighted by atomic mass is 35.5. The first-order chi connectivity index (χ1) is 14.0. The molecule has 0 aliphatic carbocycles. The molecule has 0 bridgehead atoms. The second kappa shape index (κ2) is 5.01. The number of hydrogen-bond donors (Lipinski definition) is 0. The Kier molecular flexibility index (Phi) is 1.71. The maximum absolute atomic E-state index is 14.3. The van der Waals surface area contributed by atoms with Gasteiger partial charge >= 0.3 is 0 Å². The zero-order chi connectivity index (χ0) is 22.2. The molecule has 0 saturated heterocycles. The molecule has 0 amide bonds. The SMILES string of the molecule is [2H]c1c([2H])c([2H])c2c(c1[2H])c1c([2H])c([2H])c([2H])c([2H])c1n2-c1cc(F)c(Cl)c(Cl)c1. The van der Waals surface area contributed by atoms with Crippen molar-refractivity contribution >= 4 is 45.0 Å². The summed E-state index contributed by atoms with van der Waals surface area (Å²) in [6.45, 7) is 0. The summed E-state index contributed by atoms with van der Waals surface area (Å²) in [4.78, 5) is 0. The van der Waals surface area contributed by atoms with Crippen LogP contribution in [0.3, 0.4) is 0 Å². The predicted octanol–water partition coefficient (Wildman–Crippen LogP) is 6.23. The first-order valence-corrected chi connectivity index (χ1v) is 6.90. The lowest BCUT2D eigenvalue weighted by atomic mass is 10.2. The quantitative estimate of drug-likeness (QED) is 0.363. The van der Waals surface area contributed by atoms with Gasteiger partial charge in [-0.05, 0) is 24.2 Å². The molecule has 0 aliphatic rings. The smallest absolute Gasteiger partial charge is 0.145 e. The second-order valence-electron chi connectivity index (χ2n) is 4.51. The van der Waals surface area contributed by atoms with Crippen LogP contribution in [0.15, 0.2) is 60.5 Å². The number of nitrogens with zero attached hydrogens (tertiary/aromatic N) is 1. The van der Waals surface area contributed by atoms with Gasteiger partial charge in [0.25, 0.3) is 0 Å². The van der Waals surface area contributed by atoms with Gasteiger partial charge in [-0.1, -0.05) is 59.5 Å². The lowest BCUT2D eigenvalue weighted by molar-refractivity contribution is 0.627. The minimum Gasteiger partial charge on any atom is -0.309 e. The first kappa shape index (κ1) is 7.49. The molecule has 0 spiro atoms. The average Bonchev–Trinajstić information content (AvgIpc) is 3.07. The summed E-state index contributed by atoms with van der Waals surface area (Å²) >= 11 is 11.8. The summed E-state index contributed by atoms with van der Waals surface area (Å²) in [6.07, 6.45) is 0. The van der Waals surface area contributed by atoms with Crippen LogP contribution in [0.2, 0.25) is 10.0 Å². The van der Waals surface area contributed by atoms with Gasteiger partial charge in [-0.15, -0.1) is 0 Å². The first-order valence-electron chi connectivity index (χ1n) is 10.1. The molecule has 1 aromatic heterocycles. The highest BCUT2D eigenvalue weighted by Gasteiger charge is 2.14. The van der Waals surface area contributed by atoms with Crippen molar-refractivity contribution in [3.63, 3.8) is 0 Å². The predicted molar refractivity (Wildman–Crippen MR) is 90.8 cm³/mol. The van der Waals surface area contributed by atoms with E-state index >= 15 is 0 Å². The van der Waals surface area contributed by atoms with Crippen LogP contribution in [0.25, 0.3) is 27.5 Å². The Morgan fingerprint density at radius 3 is 1.95 bits per heavy atom. The molecule has 0 aliphatic heterocycles. The minimum absolute atomic E-state index is 0.00281. The summed E-state index contributed by atoms with van der Waals surface area (Å²) in [5, 5.41) is -0.711. The summed E-state index contributed by atoms with van der Waals surface area (Å²) in [5.41, 5.74) is -0.251. The fourth-order valence-corrected chi connectivity index (χ4v) is 2.66. The molecule has 0 radical (unpaired) electrons. The minimum atomic E-state index is -0.893. The largest absolute Gasteiger partial charge is 0.309 e. The van der Waals surface area contributed by atoms with Crippen LogP contribution in [0, 0.1) is 5.82 Å². The molecule has 0 atom stereocenters. The van der Waals surface area contributed by atoms with Gasteiger partial charge in [-0.2, -0.15) is 0 Å². The lowest BCUT2D eigenvalue weighted by Crippen LogP contribution is -1.95. The molecule has 108 valence electrons. The molecule has 4 rings (SSSR count). The fraction of sp³-hybridized carbons (Fsp3) is 0. The summed E-state index contributed by atoms with van der Waals surface area (Å²) < 4.78 is 80.8. The normalized spacial score (nSPS) is 16.5. The van der Waals surface area contributed by atoms with Gasteiger partial charge in [0.2, 0.25) is 0 Å². The van der Waals surface area contributed by atoms with Crippen molar-refractivity contribution in [3.8, 4) is 5.69 Å². The monoisotopic (exact) mass is 337 g/mol. The molecule has 1 heterocycles. The van der Waals surface area contributed by atoms with Crippen LogP contribution in [0.4, 0.5) is 4.39 Å². The van der Waals surface area contributed by atoms with E-state index in [-0.39, 0.29) is 37.5 Å². The maximum Gasteiger partial charge on any atom is 0.145 e. The number of hydrogen-bond acceptors (Lipinski definition) is 0. The van der Waals surface area contributed by atoms with Crippen molar-refractivity contribution in [2.75, 3.05) is 0 Å². The van der Waals surface area contributed by atoms with Crippen LogP contribution in [0.5, 0.6) is 0 Å². The van der Waals surface area contributed by atoms with Crippen LogP contribution in [-0.4, -0.2) is 4.57 Å². The van der Waals surface area contributed by atoms with Crippen LogP contribution in [-0.2, 0) is 0 Å². The third-order valence-corrected chi connectivity index (χ3v) is 4.04. The van der Waals surface area contributed by atoms with Crippen molar-refractivity contribution in [1.29, 1.82) is 0 Å². The van der Waals surface area contributed by atoms with E-state index < -0.39 is 54.2 Å². The lowest BCUT2D eigenvalue weighted by Gasteiger charge is -2.09. The highest BCUT2D eigenvalue weighted by molar-refractivity contribution is 6.42. The molecule has 0 unspecified atom stereocenters. The Morgan fingerprint density at radius 1 is 0.864 bits per heavy atom. The number of aromatic nitrogens is 1. The van der Waals surface area contributed by atoms with Crippen LogP contribution < -0.4 is 0 Å². The molecular weight excluding hydrogens is 320 g/mol. The molecule has 3 aromatic carbocycles. The summed E-state index contributed by atoms with van der Waals surface area (Å²) in [5.74, 6) is -0.893. The Morgan fingerprint density at radius 2 is 1.41 bits per heavy atom. The van der Waals surface area contributed by atoms with Gasteiger partial charge < -0.3 is 4.57 Å². The van der Waals surface area contributed by atoms with Crippen molar-refractivity contribution in [2.45, 2.75) is 0 Å². The van der Waals surface area contributed by atoms with Crippen molar-refractivity contribution in [1.82, 2.24) is 4.57 Å². The molecule has 4 heteroatoms. The molecule has 22 heavy (non-hydrogen) atoms. The van der Waals surface area contributed by atoms with Gasteiger partial charge in [-0.3, -0.25) is 0 Å². The standard InChI is InChI=1S/C18H10Cl2FN/c19-14-9-11(10-15(21)18(14)20)22-16-7-3-1-5-12(16)13-6-2-4-8-17(13)22/h1-10H/i1D,2D,3D,4D,5D,6D,7D,8D. The Balaban J connectivity index is 2.42. The Hall–Kier alpha value is -2.03. The van der Waals surface area contributed by atoms with Crippen molar-refractivity contribution in [3.05, 3.63) is 76.3 Å². The van der Waals surface area contributed by atoms with Crippen LogP contribution >= 0.6 is 23.2 Å².